The molecular formula is C11H18O5. The Morgan fingerprint density at radius 1 is 1.38 bits per heavy atom. The predicted molar refractivity (Wildman–Crippen MR) is 55.5 cm³/mol. The molecule has 5 heteroatoms. The van der Waals surface area contributed by atoms with Crippen molar-refractivity contribution in [1.82, 2.24) is 0 Å². The van der Waals surface area contributed by atoms with Crippen LogP contribution in [0.25, 0.3) is 0 Å². The van der Waals surface area contributed by atoms with Crippen molar-refractivity contribution in [2.75, 3.05) is 6.61 Å². The van der Waals surface area contributed by atoms with Gasteiger partial charge in [0, 0.05) is 13.0 Å². The van der Waals surface area contributed by atoms with Crippen LogP contribution in [-0.2, 0) is 14.2 Å². The summed E-state index contributed by atoms with van der Waals surface area (Å²) in [5, 5.41) is 19.3. The summed E-state index contributed by atoms with van der Waals surface area (Å²) in [5.41, 5.74) is -1.30. The maximum absolute atomic E-state index is 10.4. The highest BCUT2D eigenvalue weighted by atomic mass is 16.8. The van der Waals surface area contributed by atoms with Crippen LogP contribution in [0.4, 0.5) is 0 Å². The first-order valence-corrected chi connectivity index (χ1v) is 5.41. The smallest absolute Gasteiger partial charge is 0.190 e. The lowest BCUT2D eigenvalue weighted by Crippen LogP contribution is -2.47. The Bertz CT molecular complexity index is 290. The number of hydrogen-bond donors (Lipinski definition) is 2. The third-order valence-corrected chi connectivity index (χ3v) is 3.05. The van der Waals surface area contributed by atoms with E-state index in [1.807, 2.05) is 0 Å². The van der Waals surface area contributed by atoms with Crippen LogP contribution in [0.2, 0.25) is 0 Å². The minimum atomic E-state index is -1.30. The first-order chi connectivity index (χ1) is 7.43. The van der Waals surface area contributed by atoms with Gasteiger partial charge in [0.1, 0.15) is 11.7 Å². The zero-order chi connectivity index (χ0) is 12.0. The Hall–Kier alpha value is -0.460. The standard InChI is InChI=1S/C11H18O5/c1-4-11(13)7(5-6-12)14-9-8(11)15-10(2,3)16-9/h4,7-9,12-13H,1,5-6H2,2-3H3/t7-,8+,9-,11-/m1/s1. The molecule has 4 atom stereocenters. The highest BCUT2D eigenvalue weighted by molar-refractivity contribution is 5.14. The van der Waals surface area contributed by atoms with Crippen molar-refractivity contribution in [3.8, 4) is 0 Å². The van der Waals surface area contributed by atoms with Gasteiger partial charge in [-0.05, 0) is 13.8 Å². The molecule has 2 aliphatic heterocycles. The van der Waals surface area contributed by atoms with Gasteiger partial charge in [0.15, 0.2) is 12.1 Å². The number of ether oxygens (including phenoxy) is 3. The molecule has 2 fully saturated rings. The van der Waals surface area contributed by atoms with Crippen molar-refractivity contribution in [2.24, 2.45) is 0 Å². The molecule has 2 aliphatic rings. The van der Waals surface area contributed by atoms with Crippen LogP contribution >= 0.6 is 0 Å². The predicted octanol–water partition coefficient (Wildman–Crippen LogP) is 0.162. The Kier molecular flexibility index (Phi) is 2.84. The first kappa shape index (κ1) is 12.0. The van der Waals surface area contributed by atoms with Gasteiger partial charge >= 0.3 is 0 Å². The topological polar surface area (TPSA) is 68.2 Å². The molecule has 0 unspecified atom stereocenters. The van der Waals surface area contributed by atoms with Crippen LogP contribution in [0.1, 0.15) is 20.3 Å². The molecule has 2 rings (SSSR count). The lowest BCUT2D eigenvalue weighted by molar-refractivity contribution is -0.224. The number of hydrogen-bond acceptors (Lipinski definition) is 5. The summed E-state index contributed by atoms with van der Waals surface area (Å²) in [6, 6.07) is 0. The van der Waals surface area contributed by atoms with Crippen molar-refractivity contribution in [2.45, 2.75) is 50.2 Å². The van der Waals surface area contributed by atoms with Crippen molar-refractivity contribution >= 4 is 0 Å². The molecule has 2 N–H and O–H groups in total. The Balaban J connectivity index is 2.20. The average Bonchev–Trinajstić information content (AvgIpc) is 2.62. The SMILES string of the molecule is C=C[C@@]1(O)[C@@H](CCO)O[C@@H]2OC(C)(C)O[C@@H]21. The zero-order valence-electron chi connectivity index (χ0n) is 9.55. The van der Waals surface area contributed by atoms with Gasteiger partial charge in [-0.25, -0.2) is 0 Å². The van der Waals surface area contributed by atoms with E-state index in [1.54, 1.807) is 13.8 Å². The second-order valence-corrected chi connectivity index (χ2v) is 4.65. The molecule has 0 aromatic carbocycles. The van der Waals surface area contributed by atoms with Crippen LogP contribution < -0.4 is 0 Å². The van der Waals surface area contributed by atoms with E-state index in [1.165, 1.54) is 6.08 Å². The Morgan fingerprint density at radius 2 is 2.06 bits per heavy atom. The van der Waals surface area contributed by atoms with Gasteiger partial charge in [0.25, 0.3) is 0 Å². The van der Waals surface area contributed by atoms with Crippen molar-refractivity contribution in [3.63, 3.8) is 0 Å². The highest BCUT2D eigenvalue weighted by Crippen LogP contribution is 2.44. The van der Waals surface area contributed by atoms with Crippen molar-refractivity contribution < 1.29 is 24.4 Å². The maximum atomic E-state index is 10.4. The maximum Gasteiger partial charge on any atom is 0.190 e. The van der Waals surface area contributed by atoms with Crippen LogP contribution in [0.15, 0.2) is 12.7 Å². The quantitative estimate of drug-likeness (QED) is 0.676. The van der Waals surface area contributed by atoms with Crippen molar-refractivity contribution in [1.29, 1.82) is 0 Å². The van der Waals surface area contributed by atoms with Gasteiger partial charge in [-0.3, -0.25) is 0 Å². The van der Waals surface area contributed by atoms with Gasteiger partial charge < -0.3 is 24.4 Å². The number of rotatable bonds is 3. The molecule has 2 saturated heterocycles. The van der Waals surface area contributed by atoms with Crippen LogP contribution in [-0.4, -0.2) is 46.7 Å². The fourth-order valence-corrected chi connectivity index (χ4v) is 2.26. The molecule has 0 aromatic rings. The monoisotopic (exact) mass is 230 g/mol. The third kappa shape index (κ3) is 1.69. The summed E-state index contributed by atoms with van der Waals surface area (Å²) >= 11 is 0. The normalized spacial score (nSPS) is 45.6. The van der Waals surface area contributed by atoms with Gasteiger partial charge in [-0.15, -0.1) is 6.58 Å². The molecule has 16 heavy (non-hydrogen) atoms. The highest BCUT2D eigenvalue weighted by Gasteiger charge is 2.61. The van der Waals surface area contributed by atoms with E-state index in [9.17, 15) is 5.11 Å². The molecular weight excluding hydrogens is 212 g/mol. The summed E-state index contributed by atoms with van der Waals surface area (Å²) < 4.78 is 16.7. The number of aliphatic hydroxyl groups excluding tert-OH is 1. The molecule has 0 radical (unpaired) electrons. The summed E-state index contributed by atoms with van der Waals surface area (Å²) in [7, 11) is 0. The number of fused-ring (bicyclic) bond motifs is 1. The molecule has 2 heterocycles. The van der Waals surface area contributed by atoms with Gasteiger partial charge in [-0.1, -0.05) is 6.08 Å². The zero-order valence-corrected chi connectivity index (χ0v) is 9.55. The first-order valence-electron chi connectivity index (χ1n) is 5.41. The van der Waals surface area contributed by atoms with Gasteiger partial charge in [0.05, 0.1) is 6.10 Å². The molecule has 0 bridgehead atoms. The molecule has 0 amide bonds. The molecule has 92 valence electrons. The van der Waals surface area contributed by atoms with E-state index < -0.39 is 29.9 Å². The second-order valence-electron chi connectivity index (χ2n) is 4.65. The Labute approximate surface area is 94.6 Å². The van der Waals surface area contributed by atoms with Crippen LogP contribution in [0.5, 0.6) is 0 Å². The molecule has 0 spiro atoms. The summed E-state index contributed by atoms with van der Waals surface area (Å²) in [6.45, 7) is 7.07. The third-order valence-electron chi connectivity index (χ3n) is 3.05. The minimum Gasteiger partial charge on any atom is -0.396 e. The molecule has 0 saturated carbocycles. The van der Waals surface area contributed by atoms with E-state index in [0.717, 1.165) is 0 Å². The Morgan fingerprint density at radius 3 is 2.62 bits per heavy atom. The van der Waals surface area contributed by atoms with Gasteiger partial charge in [0.2, 0.25) is 0 Å². The molecule has 0 aromatic heterocycles. The lowest BCUT2D eigenvalue weighted by atomic mass is 9.91. The van der Waals surface area contributed by atoms with E-state index in [0.29, 0.717) is 6.42 Å². The molecule has 0 aliphatic carbocycles. The molecule has 5 nitrogen and oxygen atoms in total. The second kappa shape index (κ2) is 3.78. The largest absolute Gasteiger partial charge is 0.396 e. The fraction of sp³-hybridized carbons (Fsp3) is 0.818. The average molecular weight is 230 g/mol. The summed E-state index contributed by atoms with van der Waals surface area (Å²) in [5.74, 6) is -0.767. The van der Waals surface area contributed by atoms with E-state index >= 15 is 0 Å². The van der Waals surface area contributed by atoms with E-state index in [-0.39, 0.29) is 6.61 Å². The fourth-order valence-electron chi connectivity index (χ4n) is 2.26. The van der Waals surface area contributed by atoms with E-state index in [4.69, 9.17) is 19.3 Å². The van der Waals surface area contributed by atoms with Crippen molar-refractivity contribution in [3.05, 3.63) is 12.7 Å². The van der Waals surface area contributed by atoms with Crippen LogP contribution in [0, 0.1) is 0 Å². The lowest BCUT2D eigenvalue weighted by Gasteiger charge is -2.30. The van der Waals surface area contributed by atoms with Crippen LogP contribution in [0.3, 0.4) is 0 Å². The van der Waals surface area contributed by atoms with Gasteiger partial charge in [-0.2, -0.15) is 0 Å². The summed E-state index contributed by atoms with van der Waals surface area (Å²) in [6.07, 6.45) is -0.00184. The number of aliphatic hydroxyl groups is 2. The van der Waals surface area contributed by atoms with E-state index in [2.05, 4.69) is 6.58 Å². The summed E-state index contributed by atoms with van der Waals surface area (Å²) in [4.78, 5) is 0. The minimum absolute atomic E-state index is 0.0658.